The van der Waals surface area contributed by atoms with Gasteiger partial charge in [0.25, 0.3) is 11.8 Å². The molecule has 2 rings (SSSR count). The third-order valence-electron chi connectivity index (χ3n) is 3.97. The lowest BCUT2D eigenvalue weighted by Crippen LogP contribution is -2.20. The number of amides is 2. The Hall–Kier alpha value is -3.26. The zero-order valence-electron chi connectivity index (χ0n) is 17.3. The van der Waals surface area contributed by atoms with Gasteiger partial charge in [-0.25, -0.2) is 0 Å². The molecule has 0 radical (unpaired) electrons. The van der Waals surface area contributed by atoms with E-state index >= 15 is 0 Å². The number of nitrogens with zero attached hydrogens (tertiary/aromatic N) is 1. The normalized spacial score (nSPS) is 10.7. The van der Waals surface area contributed by atoms with E-state index in [1.165, 1.54) is 13.2 Å². The largest absolute Gasteiger partial charge is 0.495 e. The summed E-state index contributed by atoms with van der Waals surface area (Å²) in [6, 6.07) is 10.6. The Kier molecular flexibility index (Phi) is 8.69. The molecule has 9 heteroatoms. The number of aryl methyl sites for hydroxylation is 1. The van der Waals surface area contributed by atoms with Crippen molar-refractivity contribution in [1.82, 2.24) is 0 Å². The fourth-order valence-electron chi connectivity index (χ4n) is 2.64. The summed E-state index contributed by atoms with van der Waals surface area (Å²) in [6.45, 7) is 3.75. The minimum Gasteiger partial charge on any atom is -0.495 e. The van der Waals surface area contributed by atoms with Gasteiger partial charge in [0.05, 0.1) is 23.0 Å². The molecule has 0 heterocycles. The van der Waals surface area contributed by atoms with Crippen molar-refractivity contribution in [2.45, 2.75) is 13.8 Å². The molecular weight excluding hydrogens is 513 g/mol. The van der Waals surface area contributed by atoms with Crippen LogP contribution in [0, 0.1) is 21.8 Å². The van der Waals surface area contributed by atoms with Crippen LogP contribution in [0.2, 0.25) is 0 Å². The number of primary amides is 1. The molecule has 0 saturated carbocycles. The summed E-state index contributed by atoms with van der Waals surface area (Å²) in [4.78, 5) is 23.8. The van der Waals surface area contributed by atoms with Gasteiger partial charge in [-0.3, -0.25) is 9.59 Å². The van der Waals surface area contributed by atoms with Crippen LogP contribution < -0.4 is 25.3 Å². The maximum atomic E-state index is 12.7. The van der Waals surface area contributed by atoms with Gasteiger partial charge in [0.1, 0.15) is 17.4 Å². The number of anilines is 1. The van der Waals surface area contributed by atoms with E-state index in [0.717, 1.165) is 5.56 Å². The molecule has 0 atom stereocenters. The van der Waals surface area contributed by atoms with Crippen molar-refractivity contribution < 1.29 is 23.8 Å². The average molecular weight is 535 g/mol. The number of carbonyl (C=O) groups excluding carboxylic acids is 2. The van der Waals surface area contributed by atoms with Crippen LogP contribution in [0.3, 0.4) is 0 Å². The van der Waals surface area contributed by atoms with Crippen LogP contribution in [0.15, 0.2) is 35.9 Å². The molecule has 31 heavy (non-hydrogen) atoms. The van der Waals surface area contributed by atoms with E-state index < -0.39 is 11.8 Å². The highest BCUT2D eigenvalue weighted by atomic mass is 127. The number of methoxy groups -OCH3 is 1. The van der Waals surface area contributed by atoms with Crippen LogP contribution in [0.25, 0.3) is 6.08 Å². The zero-order valence-corrected chi connectivity index (χ0v) is 19.5. The van der Waals surface area contributed by atoms with E-state index in [-0.39, 0.29) is 12.2 Å². The number of benzene rings is 2. The lowest BCUT2D eigenvalue weighted by Gasteiger charge is -2.14. The minimum atomic E-state index is -0.614. The van der Waals surface area contributed by atoms with E-state index in [4.69, 9.17) is 19.9 Å². The van der Waals surface area contributed by atoms with Gasteiger partial charge in [-0.1, -0.05) is 6.07 Å². The molecule has 2 aromatic rings. The highest BCUT2D eigenvalue weighted by Crippen LogP contribution is 2.35. The summed E-state index contributed by atoms with van der Waals surface area (Å²) in [6.07, 6.45) is 1.44. The number of hydrogen-bond donors (Lipinski definition) is 2. The Balaban J connectivity index is 2.37. The molecule has 0 unspecified atom stereocenters. The first-order valence-corrected chi connectivity index (χ1v) is 10.3. The van der Waals surface area contributed by atoms with Crippen molar-refractivity contribution in [3.8, 4) is 23.3 Å². The lowest BCUT2D eigenvalue weighted by molar-refractivity contribution is -0.120. The van der Waals surface area contributed by atoms with Crippen molar-refractivity contribution in [3.05, 3.63) is 50.6 Å². The second kappa shape index (κ2) is 11.2. The Bertz CT molecular complexity index is 1060. The predicted octanol–water partition coefficient (Wildman–Crippen LogP) is 3.42. The molecule has 0 spiro atoms. The van der Waals surface area contributed by atoms with E-state index in [2.05, 4.69) is 5.32 Å². The van der Waals surface area contributed by atoms with Gasteiger partial charge in [0.15, 0.2) is 18.1 Å². The number of nitrogens with two attached hydrogens (primary N) is 1. The molecule has 2 aromatic carbocycles. The van der Waals surface area contributed by atoms with Crippen molar-refractivity contribution in [2.75, 3.05) is 25.6 Å². The molecule has 0 aliphatic rings. The fraction of sp³-hybridized carbons (Fsp3) is 0.227. The molecule has 0 aromatic heterocycles. The van der Waals surface area contributed by atoms with Crippen molar-refractivity contribution in [1.29, 1.82) is 5.26 Å². The third-order valence-corrected chi connectivity index (χ3v) is 4.77. The van der Waals surface area contributed by atoms with Crippen LogP contribution in [-0.4, -0.2) is 32.1 Å². The molecule has 3 N–H and O–H groups in total. The topological polar surface area (TPSA) is 124 Å². The molecule has 8 nitrogen and oxygen atoms in total. The van der Waals surface area contributed by atoms with Gasteiger partial charge in [-0.05, 0) is 77.9 Å². The van der Waals surface area contributed by atoms with E-state index in [1.54, 1.807) is 31.2 Å². The Morgan fingerprint density at radius 1 is 1.23 bits per heavy atom. The molecule has 0 bridgehead atoms. The standard InChI is InChI=1S/C22H22IN3O5/c1-4-30-19-10-14(9-16(23)21(19)31-12-20(25)27)8-15(11-24)22(28)26-17-7-13(2)5-6-18(17)29-3/h5-10H,4,12H2,1-3H3,(H2,25,27)(H,26,28)/b15-8+. The summed E-state index contributed by atoms with van der Waals surface area (Å²) >= 11 is 2.02. The zero-order chi connectivity index (χ0) is 23.0. The number of nitrogens with one attached hydrogen (secondary N) is 1. The number of nitriles is 1. The highest BCUT2D eigenvalue weighted by molar-refractivity contribution is 14.1. The monoisotopic (exact) mass is 535 g/mol. The van der Waals surface area contributed by atoms with Crippen LogP contribution in [0.4, 0.5) is 5.69 Å². The van der Waals surface area contributed by atoms with Crippen molar-refractivity contribution >= 4 is 46.2 Å². The molecule has 0 fully saturated rings. The summed E-state index contributed by atoms with van der Waals surface area (Å²) in [7, 11) is 1.50. The van der Waals surface area contributed by atoms with Crippen LogP contribution >= 0.6 is 22.6 Å². The maximum absolute atomic E-state index is 12.7. The van der Waals surface area contributed by atoms with Crippen molar-refractivity contribution in [3.63, 3.8) is 0 Å². The average Bonchev–Trinajstić information content (AvgIpc) is 2.71. The second-order valence-electron chi connectivity index (χ2n) is 6.35. The highest BCUT2D eigenvalue weighted by Gasteiger charge is 2.16. The van der Waals surface area contributed by atoms with Crippen LogP contribution in [0.5, 0.6) is 17.2 Å². The van der Waals surface area contributed by atoms with E-state index in [1.807, 2.05) is 41.7 Å². The Morgan fingerprint density at radius 2 is 1.97 bits per heavy atom. The number of halogens is 1. The summed E-state index contributed by atoms with van der Waals surface area (Å²) in [5, 5.41) is 12.2. The Morgan fingerprint density at radius 3 is 2.58 bits per heavy atom. The van der Waals surface area contributed by atoms with Gasteiger partial charge in [0, 0.05) is 0 Å². The lowest BCUT2D eigenvalue weighted by atomic mass is 10.1. The van der Waals surface area contributed by atoms with Gasteiger partial charge in [-0.2, -0.15) is 5.26 Å². The van der Waals surface area contributed by atoms with Crippen LogP contribution in [0.1, 0.15) is 18.1 Å². The summed E-state index contributed by atoms with van der Waals surface area (Å²) < 4.78 is 16.9. The first-order chi connectivity index (χ1) is 14.8. The quantitative estimate of drug-likeness (QED) is 0.288. The molecule has 0 saturated heterocycles. The van der Waals surface area contributed by atoms with E-state index in [9.17, 15) is 14.9 Å². The maximum Gasteiger partial charge on any atom is 0.266 e. The number of hydrogen-bond acceptors (Lipinski definition) is 6. The van der Waals surface area contributed by atoms with Gasteiger partial charge in [0.2, 0.25) is 0 Å². The SMILES string of the molecule is CCOc1cc(/C=C(\C#N)C(=O)Nc2cc(C)ccc2OC)cc(I)c1OCC(N)=O. The first kappa shape index (κ1) is 24.0. The summed E-state index contributed by atoms with van der Waals surface area (Å²) in [5.41, 5.74) is 7.00. The van der Waals surface area contributed by atoms with Gasteiger partial charge in [-0.15, -0.1) is 0 Å². The van der Waals surface area contributed by atoms with Crippen LogP contribution in [-0.2, 0) is 9.59 Å². The number of carbonyl (C=O) groups is 2. The van der Waals surface area contributed by atoms with Gasteiger partial charge >= 0.3 is 0 Å². The third kappa shape index (κ3) is 6.62. The minimum absolute atomic E-state index is 0.104. The molecular formula is C22H22IN3O5. The van der Waals surface area contributed by atoms with Crippen molar-refractivity contribution in [2.24, 2.45) is 5.73 Å². The van der Waals surface area contributed by atoms with E-state index in [0.29, 0.717) is 38.7 Å². The molecule has 0 aliphatic carbocycles. The second-order valence-corrected chi connectivity index (χ2v) is 7.51. The molecule has 0 aliphatic heterocycles. The molecule has 162 valence electrons. The van der Waals surface area contributed by atoms with Gasteiger partial charge < -0.3 is 25.3 Å². The predicted molar refractivity (Wildman–Crippen MR) is 125 cm³/mol. The molecule has 2 amide bonds. The smallest absolute Gasteiger partial charge is 0.266 e. The number of ether oxygens (including phenoxy) is 3. The number of rotatable bonds is 9. The first-order valence-electron chi connectivity index (χ1n) is 9.24. The summed E-state index contributed by atoms with van der Waals surface area (Å²) in [5.74, 6) is 0.0387. The fourth-order valence-corrected chi connectivity index (χ4v) is 3.42. The Labute approximate surface area is 194 Å².